The standard InChI is InChI=1S/C16H14N4OS2/c1-11(14(21)18-13-5-3-2-4-6-13)22-16-20-19-15(23-16)12-7-9-17-10-8-12/h2-11H,1H3,(H,18,21). The Hall–Kier alpha value is -2.25. The molecule has 0 bridgehead atoms. The summed E-state index contributed by atoms with van der Waals surface area (Å²) in [5.41, 5.74) is 1.77. The Morgan fingerprint density at radius 3 is 2.61 bits per heavy atom. The lowest BCUT2D eigenvalue weighted by molar-refractivity contribution is -0.115. The molecule has 0 aliphatic carbocycles. The predicted octanol–water partition coefficient (Wildman–Crippen LogP) is 3.72. The second kappa shape index (κ2) is 7.34. The van der Waals surface area contributed by atoms with Crippen molar-refractivity contribution < 1.29 is 4.79 Å². The van der Waals surface area contributed by atoms with Crippen LogP contribution in [0.1, 0.15) is 6.92 Å². The van der Waals surface area contributed by atoms with E-state index in [2.05, 4.69) is 20.5 Å². The van der Waals surface area contributed by atoms with Crippen molar-refractivity contribution in [3.63, 3.8) is 0 Å². The fourth-order valence-corrected chi connectivity index (χ4v) is 3.84. The van der Waals surface area contributed by atoms with E-state index in [1.165, 1.54) is 23.1 Å². The van der Waals surface area contributed by atoms with Crippen LogP contribution in [0.5, 0.6) is 0 Å². The van der Waals surface area contributed by atoms with Crippen molar-refractivity contribution in [3.05, 3.63) is 54.9 Å². The Labute approximate surface area is 142 Å². The maximum Gasteiger partial charge on any atom is 0.237 e. The minimum absolute atomic E-state index is 0.0538. The van der Waals surface area contributed by atoms with E-state index in [9.17, 15) is 4.79 Å². The molecule has 0 fully saturated rings. The van der Waals surface area contributed by atoms with Crippen LogP contribution in [-0.2, 0) is 4.79 Å². The van der Waals surface area contributed by atoms with Gasteiger partial charge in [-0.15, -0.1) is 10.2 Å². The molecule has 1 unspecified atom stereocenters. The molecular formula is C16H14N4OS2. The summed E-state index contributed by atoms with van der Waals surface area (Å²) in [5.74, 6) is -0.0538. The van der Waals surface area contributed by atoms with Crippen molar-refractivity contribution in [2.45, 2.75) is 16.5 Å². The molecule has 0 aliphatic rings. The quantitative estimate of drug-likeness (QED) is 0.716. The second-order valence-corrected chi connectivity index (χ2v) is 7.29. The van der Waals surface area contributed by atoms with E-state index < -0.39 is 0 Å². The fraction of sp³-hybridized carbons (Fsp3) is 0.125. The Morgan fingerprint density at radius 1 is 1.13 bits per heavy atom. The number of carbonyl (C=O) groups is 1. The van der Waals surface area contributed by atoms with Gasteiger partial charge in [-0.25, -0.2) is 0 Å². The molecular weight excluding hydrogens is 328 g/mol. The summed E-state index contributed by atoms with van der Waals surface area (Å²) in [7, 11) is 0. The number of nitrogens with zero attached hydrogens (tertiary/aromatic N) is 3. The fourth-order valence-electron chi connectivity index (χ4n) is 1.84. The van der Waals surface area contributed by atoms with Gasteiger partial charge in [0.1, 0.15) is 5.01 Å². The van der Waals surface area contributed by atoms with Gasteiger partial charge in [0.15, 0.2) is 4.34 Å². The van der Waals surface area contributed by atoms with Gasteiger partial charge < -0.3 is 5.32 Å². The topological polar surface area (TPSA) is 67.8 Å². The summed E-state index contributed by atoms with van der Waals surface area (Å²) in [4.78, 5) is 16.2. The maximum atomic E-state index is 12.2. The molecule has 23 heavy (non-hydrogen) atoms. The Morgan fingerprint density at radius 2 is 1.87 bits per heavy atom. The number of hydrogen-bond acceptors (Lipinski definition) is 6. The van der Waals surface area contributed by atoms with Crippen LogP contribution >= 0.6 is 23.1 Å². The largest absolute Gasteiger partial charge is 0.325 e. The first kappa shape index (κ1) is 15.6. The van der Waals surface area contributed by atoms with Crippen LogP contribution in [0.15, 0.2) is 59.2 Å². The summed E-state index contributed by atoms with van der Waals surface area (Å²) in [6.45, 7) is 1.86. The van der Waals surface area contributed by atoms with E-state index in [1.54, 1.807) is 12.4 Å². The number of aromatic nitrogens is 3. The third-order valence-electron chi connectivity index (χ3n) is 3.02. The smallest absolute Gasteiger partial charge is 0.237 e. The number of para-hydroxylation sites is 1. The molecule has 0 aliphatic heterocycles. The number of nitrogens with one attached hydrogen (secondary N) is 1. The summed E-state index contributed by atoms with van der Waals surface area (Å²) in [6, 6.07) is 13.2. The van der Waals surface area contributed by atoms with Crippen LogP contribution < -0.4 is 5.32 Å². The van der Waals surface area contributed by atoms with Crippen LogP contribution in [-0.4, -0.2) is 26.3 Å². The van der Waals surface area contributed by atoms with E-state index >= 15 is 0 Å². The van der Waals surface area contributed by atoms with Gasteiger partial charge in [0.25, 0.3) is 0 Å². The summed E-state index contributed by atoms with van der Waals surface area (Å²) >= 11 is 2.87. The van der Waals surface area contributed by atoms with Crippen LogP contribution in [0.3, 0.4) is 0 Å². The summed E-state index contributed by atoms with van der Waals surface area (Å²) < 4.78 is 0.771. The molecule has 1 atom stereocenters. The summed E-state index contributed by atoms with van der Waals surface area (Å²) in [5, 5.41) is 11.8. The molecule has 3 rings (SSSR count). The maximum absolute atomic E-state index is 12.2. The van der Waals surface area contributed by atoms with Gasteiger partial charge in [-0.2, -0.15) is 0 Å². The van der Waals surface area contributed by atoms with Crippen LogP contribution in [0.2, 0.25) is 0 Å². The van der Waals surface area contributed by atoms with Gasteiger partial charge >= 0.3 is 0 Å². The number of hydrogen-bond donors (Lipinski definition) is 1. The molecule has 7 heteroatoms. The molecule has 5 nitrogen and oxygen atoms in total. The molecule has 2 aromatic heterocycles. The summed E-state index contributed by atoms with van der Waals surface area (Å²) in [6.07, 6.45) is 3.44. The van der Waals surface area contributed by atoms with Gasteiger partial charge in [0.05, 0.1) is 5.25 Å². The van der Waals surface area contributed by atoms with E-state index in [4.69, 9.17) is 0 Å². The van der Waals surface area contributed by atoms with Gasteiger partial charge in [0.2, 0.25) is 5.91 Å². The average Bonchev–Trinajstić information content (AvgIpc) is 3.05. The van der Waals surface area contributed by atoms with E-state index in [0.29, 0.717) is 0 Å². The zero-order chi connectivity index (χ0) is 16.1. The van der Waals surface area contributed by atoms with Crippen LogP contribution in [0, 0.1) is 0 Å². The van der Waals surface area contributed by atoms with Gasteiger partial charge in [-0.1, -0.05) is 41.3 Å². The zero-order valence-electron chi connectivity index (χ0n) is 12.3. The molecule has 2 heterocycles. The first-order chi connectivity index (χ1) is 11.2. The monoisotopic (exact) mass is 342 g/mol. The highest BCUT2D eigenvalue weighted by molar-refractivity contribution is 8.02. The number of benzene rings is 1. The molecule has 1 amide bonds. The number of carbonyl (C=O) groups excluding carboxylic acids is 1. The molecule has 0 spiro atoms. The number of thioether (sulfide) groups is 1. The van der Waals surface area contributed by atoms with Gasteiger partial charge in [0, 0.05) is 23.6 Å². The van der Waals surface area contributed by atoms with Crippen molar-refractivity contribution in [2.24, 2.45) is 0 Å². The SMILES string of the molecule is CC(Sc1nnc(-c2ccncc2)s1)C(=O)Nc1ccccc1. The van der Waals surface area contributed by atoms with Crippen molar-refractivity contribution in [1.29, 1.82) is 0 Å². The van der Waals surface area contributed by atoms with Crippen molar-refractivity contribution >= 4 is 34.7 Å². The molecule has 1 N–H and O–H groups in total. The molecule has 0 radical (unpaired) electrons. The van der Waals surface area contributed by atoms with Gasteiger partial charge in [-0.05, 0) is 31.2 Å². The Kier molecular flexibility index (Phi) is 4.99. The first-order valence-corrected chi connectivity index (χ1v) is 8.68. The highest BCUT2D eigenvalue weighted by Gasteiger charge is 2.17. The highest BCUT2D eigenvalue weighted by atomic mass is 32.2. The molecule has 3 aromatic rings. The van der Waals surface area contributed by atoms with Crippen molar-refractivity contribution in [2.75, 3.05) is 5.32 Å². The normalized spacial score (nSPS) is 11.9. The second-order valence-electron chi connectivity index (χ2n) is 4.72. The van der Waals surface area contributed by atoms with E-state index in [1.807, 2.05) is 49.4 Å². The highest BCUT2D eigenvalue weighted by Crippen LogP contribution is 2.31. The molecule has 1 aromatic carbocycles. The minimum atomic E-state index is -0.256. The molecule has 0 saturated carbocycles. The predicted molar refractivity (Wildman–Crippen MR) is 93.5 cm³/mol. The average molecular weight is 342 g/mol. The molecule has 0 saturated heterocycles. The minimum Gasteiger partial charge on any atom is -0.325 e. The molecule has 116 valence electrons. The lowest BCUT2D eigenvalue weighted by Crippen LogP contribution is -2.22. The number of anilines is 1. The first-order valence-electron chi connectivity index (χ1n) is 6.99. The van der Waals surface area contributed by atoms with Crippen molar-refractivity contribution in [1.82, 2.24) is 15.2 Å². The van der Waals surface area contributed by atoms with Crippen LogP contribution in [0.4, 0.5) is 5.69 Å². The van der Waals surface area contributed by atoms with Crippen molar-refractivity contribution in [3.8, 4) is 10.6 Å². The number of amides is 1. The van der Waals surface area contributed by atoms with E-state index in [-0.39, 0.29) is 11.2 Å². The Bertz CT molecular complexity index is 777. The van der Waals surface area contributed by atoms with E-state index in [0.717, 1.165) is 20.6 Å². The van der Waals surface area contributed by atoms with Gasteiger partial charge in [-0.3, -0.25) is 9.78 Å². The lowest BCUT2D eigenvalue weighted by Gasteiger charge is -2.09. The number of rotatable bonds is 5. The van der Waals surface area contributed by atoms with Crippen LogP contribution in [0.25, 0.3) is 10.6 Å². The third-order valence-corrected chi connectivity index (χ3v) is 5.18. The number of pyridine rings is 1. The lowest BCUT2D eigenvalue weighted by atomic mass is 10.3. The zero-order valence-corrected chi connectivity index (χ0v) is 14.0. The Balaban J connectivity index is 1.63. The third kappa shape index (κ3) is 4.14.